The van der Waals surface area contributed by atoms with E-state index in [1.807, 2.05) is 0 Å². The maximum Gasteiger partial charge on any atom is 0.254 e. The van der Waals surface area contributed by atoms with Crippen LogP contribution in [0.15, 0.2) is 10.9 Å². The van der Waals surface area contributed by atoms with Crippen LogP contribution in [0.5, 0.6) is 5.88 Å². The molecule has 1 aromatic rings. The fourth-order valence-corrected chi connectivity index (χ4v) is 2.38. The molecule has 6 heteroatoms. The van der Waals surface area contributed by atoms with E-state index in [-0.39, 0.29) is 17.5 Å². The van der Waals surface area contributed by atoms with Crippen LogP contribution in [-0.2, 0) is 0 Å². The molecule has 2 rings (SSSR count). The summed E-state index contributed by atoms with van der Waals surface area (Å²) in [5.74, 6) is 0.369. The van der Waals surface area contributed by atoms with Gasteiger partial charge in [-0.25, -0.2) is 0 Å². The lowest BCUT2D eigenvalue weighted by Gasteiger charge is -2.34. The van der Waals surface area contributed by atoms with Crippen LogP contribution in [0.4, 0.5) is 0 Å². The van der Waals surface area contributed by atoms with Crippen molar-refractivity contribution in [2.24, 2.45) is 0 Å². The van der Waals surface area contributed by atoms with E-state index in [0.717, 1.165) is 45.1 Å². The van der Waals surface area contributed by atoms with Crippen molar-refractivity contribution >= 4 is 0 Å². The van der Waals surface area contributed by atoms with Gasteiger partial charge in [0.15, 0.2) is 0 Å². The first-order chi connectivity index (χ1) is 8.70. The Morgan fingerprint density at radius 1 is 1.50 bits per heavy atom. The van der Waals surface area contributed by atoms with Crippen LogP contribution in [-0.4, -0.2) is 46.2 Å². The third kappa shape index (κ3) is 3.08. The summed E-state index contributed by atoms with van der Waals surface area (Å²) in [7, 11) is 0. The van der Waals surface area contributed by atoms with Crippen LogP contribution < -0.4 is 10.9 Å². The molecule has 0 saturated carbocycles. The fraction of sp³-hybridized carbons (Fsp3) is 0.667. The molecule has 6 nitrogen and oxygen atoms in total. The van der Waals surface area contributed by atoms with Gasteiger partial charge in [-0.3, -0.25) is 9.69 Å². The van der Waals surface area contributed by atoms with Crippen molar-refractivity contribution in [3.63, 3.8) is 0 Å². The Morgan fingerprint density at radius 3 is 2.83 bits per heavy atom. The normalized spacial score (nSPS) is 18.7. The van der Waals surface area contributed by atoms with Gasteiger partial charge in [0.05, 0.1) is 12.1 Å². The number of rotatable bonds is 4. The number of aromatic hydroxyl groups is 1. The fourth-order valence-electron chi connectivity index (χ4n) is 2.38. The van der Waals surface area contributed by atoms with Gasteiger partial charge in [-0.2, -0.15) is 4.98 Å². The molecule has 2 heterocycles. The van der Waals surface area contributed by atoms with Crippen molar-refractivity contribution in [3.8, 4) is 5.88 Å². The monoisotopic (exact) mass is 252 g/mol. The summed E-state index contributed by atoms with van der Waals surface area (Å²) < 4.78 is 0. The van der Waals surface area contributed by atoms with E-state index in [9.17, 15) is 9.90 Å². The average Bonchev–Trinajstić information content (AvgIpc) is 2.36. The Kier molecular flexibility index (Phi) is 4.33. The SMILES string of the molecule is CCCC(c1nc(O)cc(=O)[nH]1)N1CCNCC1. The third-order valence-electron chi connectivity index (χ3n) is 3.22. The molecule has 0 amide bonds. The highest BCUT2D eigenvalue weighted by atomic mass is 16.3. The predicted molar refractivity (Wildman–Crippen MR) is 68.6 cm³/mol. The molecular weight excluding hydrogens is 232 g/mol. The van der Waals surface area contributed by atoms with Gasteiger partial charge < -0.3 is 15.4 Å². The molecule has 3 N–H and O–H groups in total. The molecule has 0 spiro atoms. The molecule has 1 atom stereocenters. The van der Waals surface area contributed by atoms with Crippen molar-refractivity contribution in [2.75, 3.05) is 26.2 Å². The minimum atomic E-state index is -0.297. The molecule has 1 fully saturated rings. The van der Waals surface area contributed by atoms with Crippen molar-refractivity contribution in [2.45, 2.75) is 25.8 Å². The van der Waals surface area contributed by atoms with Crippen molar-refractivity contribution in [1.82, 2.24) is 20.2 Å². The second-order valence-electron chi connectivity index (χ2n) is 4.58. The zero-order chi connectivity index (χ0) is 13.0. The lowest BCUT2D eigenvalue weighted by molar-refractivity contribution is 0.157. The minimum absolute atomic E-state index is 0.0805. The first-order valence-electron chi connectivity index (χ1n) is 6.45. The Bertz CT molecular complexity index is 440. The first kappa shape index (κ1) is 13.0. The van der Waals surface area contributed by atoms with Crippen LogP contribution in [0.3, 0.4) is 0 Å². The molecule has 1 unspecified atom stereocenters. The van der Waals surface area contributed by atoms with E-state index in [4.69, 9.17) is 0 Å². The maximum absolute atomic E-state index is 11.4. The molecule has 100 valence electrons. The lowest BCUT2D eigenvalue weighted by Crippen LogP contribution is -2.45. The van der Waals surface area contributed by atoms with E-state index in [2.05, 4.69) is 27.1 Å². The standard InChI is InChI=1S/C12H20N4O2/c1-2-3-9(16-6-4-13-5-7-16)12-14-10(17)8-11(18)15-12/h8-9,13H,2-7H2,1H3,(H2,14,15,17,18). The van der Waals surface area contributed by atoms with Gasteiger partial charge in [0, 0.05) is 26.2 Å². The number of aromatic amines is 1. The lowest BCUT2D eigenvalue weighted by atomic mass is 10.1. The molecule has 1 aliphatic heterocycles. The van der Waals surface area contributed by atoms with Crippen LogP contribution in [0.1, 0.15) is 31.6 Å². The molecule has 1 saturated heterocycles. The summed E-state index contributed by atoms with van der Waals surface area (Å²) >= 11 is 0. The Labute approximate surface area is 106 Å². The second kappa shape index (κ2) is 5.97. The van der Waals surface area contributed by atoms with E-state index in [1.54, 1.807) is 0 Å². The number of aromatic nitrogens is 2. The largest absolute Gasteiger partial charge is 0.493 e. The zero-order valence-corrected chi connectivity index (χ0v) is 10.6. The van der Waals surface area contributed by atoms with Crippen molar-refractivity contribution in [3.05, 3.63) is 22.2 Å². The summed E-state index contributed by atoms with van der Waals surface area (Å²) in [6.45, 7) is 5.87. The summed E-state index contributed by atoms with van der Waals surface area (Å²) in [6, 6.07) is 1.18. The van der Waals surface area contributed by atoms with Gasteiger partial charge in [-0.05, 0) is 6.42 Å². The molecule has 18 heavy (non-hydrogen) atoms. The number of nitrogens with zero attached hydrogens (tertiary/aromatic N) is 2. The van der Waals surface area contributed by atoms with Crippen LogP contribution in [0.25, 0.3) is 0 Å². The highest BCUT2D eigenvalue weighted by Gasteiger charge is 2.23. The second-order valence-corrected chi connectivity index (χ2v) is 4.58. The molecular formula is C12H20N4O2. The molecule has 0 bridgehead atoms. The molecule has 1 aliphatic rings. The zero-order valence-electron chi connectivity index (χ0n) is 10.6. The van der Waals surface area contributed by atoms with E-state index >= 15 is 0 Å². The summed E-state index contributed by atoms with van der Waals surface area (Å²) in [4.78, 5) is 20.5. The number of nitrogens with one attached hydrogen (secondary N) is 2. The van der Waals surface area contributed by atoms with Crippen molar-refractivity contribution in [1.29, 1.82) is 0 Å². The smallest absolute Gasteiger partial charge is 0.254 e. The summed E-state index contributed by atoms with van der Waals surface area (Å²) in [5.41, 5.74) is -0.297. The van der Waals surface area contributed by atoms with E-state index in [0.29, 0.717) is 5.82 Å². The van der Waals surface area contributed by atoms with Crippen LogP contribution in [0.2, 0.25) is 0 Å². The van der Waals surface area contributed by atoms with Gasteiger partial charge in [0.1, 0.15) is 5.82 Å². The molecule has 1 aromatic heterocycles. The van der Waals surface area contributed by atoms with Crippen molar-refractivity contribution < 1.29 is 5.11 Å². The Morgan fingerprint density at radius 2 is 2.22 bits per heavy atom. The Balaban J connectivity index is 2.24. The highest BCUT2D eigenvalue weighted by Crippen LogP contribution is 2.23. The van der Waals surface area contributed by atoms with Gasteiger partial charge in [-0.1, -0.05) is 13.3 Å². The molecule has 0 radical (unpaired) electrons. The quantitative estimate of drug-likeness (QED) is 0.714. The van der Waals surface area contributed by atoms with Crippen LogP contribution >= 0.6 is 0 Å². The van der Waals surface area contributed by atoms with Gasteiger partial charge in [0.2, 0.25) is 5.88 Å². The van der Waals surface area contributed by atoms with Gasteiger partial charge in [-0.15, -0.1) is 0 Å². The topological polar surface area (TPSA) is 81.2 Å². The van der Waals surface area contributed by atoms with E-state index in [1.165, 1.54) is 0 Å². The van der Waals surface area contributed by atoms with Gasteiger partial charge >= 0.3 is 0 Å². The number of hydrogen-bond acceptors (Lipinski definition) is 5. The third-order valence-corrected chi connectivity index (χ3v) is 3.22. The number of H-pyrrole nitrogens is 1. The summed E-state index contributed by atoms with van der Waals surface area (Å²) in [5, 5.41) is 12.7. The molecule has 0 aromatic carbocycles. The first-order valence-corrected chi connectivity index (χ1v) is 6.45. The summed E-state index contributed by atoms with van der Waals surface area (Å²) in [6.07, 6.45) is 1.93. The minimum Gasteiger partial charge on any atom is -0.493 e. The number of piperazine rings is 1. The molecule has 0 aliphatic carbocycles. The average molecular weight is 252 g/mol. The van der Waals surface area contributed by atoms with Gasteiger partial charge in [0.25, 0.3) is 5.56 Å². The Hall–Kier alpha value is -1.40. The highest BCUT2D eigenvalue weighted by molar-refractivity contribution is 5.09. The number of hydrogen-bond donors (Lipinski definition) is 3. The maximum atomic E-state index is 11.4. The van der Waals surface area contributed by atoms with Crippen LogP contribution in [0, 0.1) is 0 Å². The predicted octanol–water partition coefficient (Wildman–Crippen LogP) is 0.222. The van der Waals surface area contributed by atoms with E-state index < -0.39 is 0 Å².